The van der Waals surface area contributed by atoms with Crippen LogP contribution >= 0.6 is 0 Å². The summed E-state index contributed by atoms with van der Waals surface area (Å²) in [4.78, 5) is 3.94. The summed E-state index contributed by atoms with van der Waals surface area (Å²) in [6.45, 7) is 3.50. The van der Waals surface area contributed by atoms with Gasteiger partial charge in [0.2, 0.25) is 5.89 Å². The van der Waals surface area contributed by atoms with Crippen molar-refractivity contribution >= 4 is 0 Å². The van der Waals surface area contributed by atoms with E-state index >= 15 is 0 Å². The fourth-order valence-electron chi connectivity index (χ4n) is 1.77. The standard InChI is InChI=1S/C12H15N5O/c1-9-10(5-11(6-13)17(9)2)7-14-4-3-12-15-8-16-18-12/h5,8,14H,3-4,7H2,1-2H3. The van der Waals surface area contributed by atoms with E-state index in [1.54, 1.807) is 0 Å². The molecular weight excluding hydrogens is 230 g/mol. The third kappa shape index (κ3) is 2.57. The van der Waals surface area contributed by atoms with Crippen LogP contribution in [0.2, 0.25) is 0 Å². The molecule has 0 radical (unpaired) electrons. The summed E-state index contributed by atoms with van der Waals surface area (Å²) in [6, 6.07) is 4.08. The van der Waals surface area contributed by atoms with Crippen LogP contribution in [0.5, 0.6) is 0 Å². The molecule has 0 spiro atoms. The first-order valence-electron chi connectivity index (χ1n) is 5.74. The highest BCUT2D eigenvalue weighted by Crippen LogP contribution is 2.12. The highest BCUT2D eigenvalue weighted by Gasteiger charge is 2.08. The molecule has 0 saturated carbocycles. The molecule has 18 heavy (non-hydrogen) atoms. The fourth-order valence-corrected chi connectivity index (χ4v) is 1.77. The molecule has 2 rings (SSSR count). The van der Waals surface area contributed by atoms with Crippen molar-refractivity contribution in [2.75, 3.05) is 6.54 Å². The maximum Gasteiger partial charge on any atom is 0.227 e. The first kappa shape index (κ1) is 12.3. The van der Waals surface area contributed by atoms with Gasteiger partial charge in [0.05, 0.1) is 0 Å². The van der Waals surface area contributed by atoms with Crippen LogP contribution in [-0.4, -0.2) is 21.3 Å². The quantitative estimate of drug-likeness (QED) is 0.792. The molecule has 94 valence electrons. The lowest BCUT2D eigenvalue weighted by Gasteiger charge is -2.03. The second kappa shape index (κ2) is 5.47. The Balaban J connectivity index is 1.85. The highest BCUT2D eigenvalue weighted by atomic mass is 16.5. The Kier molecular flexibility index (Phi) is 3.75. The zero-order valence-electron chi connectivity index (χ0n) is 10.5. The number of aromatic nitrogens is 3. The van der Waals surface area contributed by atoms with Gasteiger partial charge < -0.3 is 14.4 Å². The van der Waals surface area contributed by atoms with Gasteiger partial charge in [0, 0.05) is 32.3 Å². The highest BCUT2D eigenvalue weighted by molar-refractivity contribution is 5.33. The number of nitrogens with zero attached hydrogens (tertiary/aromatic N) is 4. The minimum Gasteiger partial charge on any atom is -0.340 e. The van der Waals surface area contributed by atoms with Crippen LogP contribution in [0.15, 0.2) is 16.9 Å². The Morgan fingerprint density at radius 3 is 3.00 bits per heavy atom. The Morgan fingerprint density at radius 1 is 1.56 bits per heavy atom. The zero-order valence-corrected chi connectivity index (χ0v) is 10.5. The Hall–Kier alpha value is -2.13. The predicted molar refractivity (Wildman–Crippen MR) is 64.6 cm³/mol. The SMILES string of the molecule is Cc1c(CNCCc2ncno2)cc(C#N)n1C. The van der Waals surface area contributed by atoms with E-state index in [9.17, 15) is 0 Å². The van der Waals surface area contributed by atoms with Crippen LogP contribution in [0.3, 0.4) is 0 Å². The molecule has 0 bridgehead atoms. The van der Waals surface area contributed by atoms with Gasteiger partial charge in [-0.25, -0.2) is 0 Å². The van der Waals surface area contributed by atoms with Crippen LogP contribution in [-0.2, 0) is 20.0 Å². The monoisotopic (exact) mass is 245 g/mol. The van der Waals surface area contributed by atoms with Gasteiger partial charge in [-0.15, -0.1) is 0 Å². The molecule has 0 aliphatic rings. The summed E-state index contributed by atoms with van der Waals surface area (Å²) in [6.07, 6.45) is 2.10. The number of nitrogens with one attached hydrogen (secondary N) is 1. The van der Waals surface area contributed by atoms with Crippen molar-refractivity contribution in [1.82, 2.24) is 20.0 Å². The van der Waals surface area contributed by atoms with Gasteiger partial charge in [-0.1, -0.05) is 5.16 Å². The summed E-state index contributed by atoms with van der Waals surface area (Å²) in [5.74, 6) is 0.630. The Labute approximate surface area is 105 Å². The molecule has 0 fully saturated rings. The van der Waals surface area contributed by atoms with E-state index in [2.05, 4.69) is 21.5 Å². The normalized spacial score (nSPS) is 10.5. The van der Waals surface area contributed by atoms with E-state index in [-0.39, 0.29) is 0 Å². The fraction of sp³-hybridized carbons (Fsp3) is 0.417. The second-order valence-corrected chi connectivity index (χ2v) is 4.07. The molecule has 2 aromatic heterocycles. The molecule has 6 heteroatoms. The van der Waals surface area contributed by atoms with E-state index in [1.165, 1.54) is 6.33 Å². The van der Waals surface area contributed by atoms with E-state index in [0.29, 0.717) is 18.0 Å². The molecule has 0 unspecified atom stereocenters. The van der Waals surface area contributed by atoms with Gasteiger partial charge in [-0.05, 0) is 18.6 Å². The van der Waals surface area contributed by atoms with E-state index in [1.807, 2.05) is 24.6 Å². The Bertz CT molecular complexity index is 550. The third-order valence-electron chi connectivity index (χ3n) is 2.99. The summed E-state index contributed by atoms with van der Waals surface area (Å²) in [7, 11) is 1.90. The minimum absolute atomic E-state index is 0.630. The smallest absolute Gasteiger partial charge is 0.227 e. The summed E-state index contributed by atoms with van der Waals surface area (Å²) < 4.78 is 6.80. The zero-order chi connectivity index (χ0) is 13.0. The summed E-state index contributed by atoms with van der Waals surface area (Å²) >= 11 is 0. The largest absolute Gasteiger partial charge is 0.340 e. The van der Waals surface area contributed by atoms with Gasteiger partial charge in [0.1, 0.15) is 11.8 Å². The minimum atomic E-state index is 0.630. The number of hydrogen-bond donors (Lipinski definition) is 1. The van der Waals surface area contributed by atoms with Gasteiger partial charge >= 0.3 is 0 Å². The molecule has 2 aromatic rings. The van der Waals surface area contributed by atoms with Crippen LogP contribution in [0, 0.1) is 18.3 Å². The molecule has 0 aliphatic heterocycles. The van der Waals surface area contributed by atoms with E-state index in [0.717, 1.165) is 24.3 Å². The molecule has 0 aliphatic carbocycles. The average Bonchev–Trinajstić information content (AvgIpc) is 2.97. The van der Waals surface area contributed by atoms with E-state index < -0.39 is 0 Å². The Morgan fingerprint density at radius 2 is 2.39 bits per heavy atom. The molecule has 1 N–H and O–H groups in total. The first-order valence-corrected chi connectivity index (χ1v) is 5.74. The molecule has 0 aromatic carbocycles. The predicted octanol–water partition coefficient (Wildman–Crippen LogP) is 0.920. The molecule has 0 saturated heterocycles. The lowest BCUT2D eigenvalue weighted by molar-refractivity contribution is 0.375. The van der Waals surface area contributed by atoms with Crippen molar-refractivity contribution in [3.63, 3.8) is 0 Å². The van der Waals surface area contributed by atoms with Crippen molar-refractivity contribution < 1.29 is 4.52 Å². The number of hydrogen-bond acceptors (Lipinski definition) is 5. The van der Waals surface area contributed by atoms with Crippen molar-refractivity contribution in [2.24, 2.45) is 7.05 Å². The molecule has 2 heterocycles. The topological polar surface area (TPSA) is 79.7 Å². The molecule has 0 atom stereocenters. The van der Waals surface area contributed by atoms with Crippen LogP contribution in [0.1, 0.15) is 22.8 Å². The van der Waals surface area contributed by atoms with Crippen LogP contribution in [0.4, 0.5) is 0 Å². The van der Waals surface area contributed by atoms with Crippen LogP contribution in [0.25, 0.3) is 0 Å². The maximum atomic E-state index is 8.93. The average molecular weight is 245 g/mol. The lowest BCUT2D eigenvalue weighted by atomic mass is 10.2. The maximum absolute atomic E-state index is 8.93. The van der Waals surface area contributed by atoms with Gasteiger partial charge in [0.25, 0.3) is 0 Å². The summed E-state index contributed by atoms with van der Waals surface area (Å²) in [5, 5.41) is 15.8. The van der Waals surface area contributed by atoms with Gasteiger partial charge in [-0.3, -0.25) is 0 Å². The third-order valence-corrected chi connectivity index (χ3v) is 2.99. The van der Waals surface area contributed by atoms with Crippen molar-refractivity contribution in [2.45, 2.75) is 19.9 Å². The molecule has 6 nitrogen and oxygen atoms in total. The van der Waals surface area contributed by atoms with Crippen molar-refractivity contribution in [1.29, 1.82) is 5.26 Å². The molecular formula is C12H15N5O. The van der Waals surface area contributed by atoms with Crippen LogP contribution < -0.4 is 5.32 Å². The number of rotatable bonds is 5. The van der Waals surface area contributed by atoms with Crippen molar-refractivity contribution in [3.8, 4) is 6.07 Å². The second-order valence-electron chi connectivity index (χ2n) is 4.07. The van der Waals surface area contributed by atoms with Crippen molar-refractivity contribution in [3.05, 3.63) is 35.2 Å². The van der Waals surface area contributed by atoms with Gasteiger partial charge in [0.15, 0.2) is 6.33 Å². The number of nitriles is 1. The lowest BCUT2D eigenvalue weighted by Crippen LogP contribution is -2.17. The first-order chi connectivity index (χ1) is 8.72. The molecule has 0 amide bonds. The van der Waals surface area contributed by atoms with Gasteiger partial charge in [-0.2, -0.15) is 10.2 Å². The summed E-state index contributed by atoms with van der Waals surface area (Å²) in [5.41, 5.74) is 2.93. The van der Waals surface area contributed by atoms with E-state index in [4.69, 9.17) is 9.78 Å².